The van der Waals surface area contributed by atoms with Gasteiger partial charge in [-0.3, -0.25) is 4.57 Å². The largest absolute Gasteiger partial charge is 0.344 e. The Kier molecular flexibility index (Phi) is 3.39. The summed E-state index contributed by atoms with van der Waals surface area (Å²) in [5, 5.41) is 6.89. The molecule has 3 rings (SSSR count). The fourth-order valence-corrected chi connectivity index (χ4v) is 2.91. The van der Waals surface area contributed by atoms with Crippen molar-refractivity contribution in [3.05, 3.63) is 40.1 Å². The third-order valence-electron chi connectivity index (χ3n) is 3.27. The van der Waals surface area contributed by atoms with Crippen LogP contribution < -0.4 is 11.4 Å². The quantitative estimate of drug-likeness (QED) is 0.906. The van der Waals surface area contributed by atoms with Gasteiger partial charge < -0.3 is 5.73 Å². The molecule has 0 amide bonds. The number of rotatable bonds is 4. The maximum absolute atomic E-state index is 14.0. The van der Waals surface area contributed by atoms with E-state index >= 15 is 0 Å². The molecule has 1 atom stereocenters. The zero-order valence-electron chi connectivity index (χ0n) is 11.0. The molecule has 1 saturated carbocycles. The molecular formula is C13H15FN4OS. The molecule has 0 saturated heterocycles. The van der Waals surface area contributed by atoms with Gasteiger partial charge in [-0.25, -0.2) is 14.3 Å². The number of aromatic amines is 1. The summed E-state index contributed by atoms with van der Waals surface area (Å²) in [5.41, 5.74) is 6.23. The lowest BCUT2D eigenvalue weighted by Gasteiger charge is -2.08. The van der Waals surface area contributed by atoms with E-state index in [9.17, 15) is 9.18 Å². The van der Waals surface area contributed by atoms with Crippen molar-refractivity contribution in [1.82, 2.24) is 14.8 Å². The van der Waals surface area contributed by atoms with Crippen LogP contribution in [-0.4, -0.2) is 14.8 Å². The van der Waals surface area contributed by atoms with Crippen LogP contribution in [-0.2, 0) is 0 Å². The van der Waals surface area contributed by atoms with Gasteiger partial charge in [0, 0.05) is 12.1 Å². The number of benzene rings is 1. The summed E-state index contributed by atoms with van der Waals surface area (Å²) in [5.74, 6) is -0.345. The van der Waals surface area contributed by atoms with Crippen molar-refractivity contribution in [2.24, 2.45) is 5.73 Å². The molecule has 1 heterocycles. The van der Waals surface area contributed by atoms with Crippen LogP contribution >= 0.6 is 11.8 Å². The molecule has 0 bridgehead atoms. The molecule has 0 radical (unpaired) electrons. The topological polar surface area (TPSA) is 76.7 Å². The Labute approximate surface area is 119 Å². The minimum absolute atomic E-state index is 0.204. The number of H-pyrrole nitrogens is 1. The molecule has 106 valence electrons. The third-order valence-corrected chi connectivity index (χ3v) is 4.29. The van der Waals surface area contributed by atoms with Gasteiger partial charge >= 0.3 is 5.69 Å². The van der Waals surface area contributed by atoms with Crippen molar-refractivity contribution in [3.63, 3.8) is 0 Å². The minimum atomic E-state index is -0.345. The van der Waals surface area contributed by atoms with E-state index in [1.165, 1.54) is 6.07 Å². The molecule has 1 aliphatic rings. The van der Waals surface area contributed by atoms with Gasteiger partial charge in [-0.15, -0.1) is 5.10 Å². The van der Waals surface area contributed by atoms with E-state index in [-0.39, 0.29) is 23.6 Å². The predicted molar refractivity (Wildman–Crippen MR) is 74.2 cm³/mol. The molecule has 7 heteroatoms. The number of hydrogen-bond acceptors (Lipinski definition) is 4. The summed E-state index contributed by atoms with van der Waals surface area (Å²) in [6.45, 7) is 1.81. The molecule has 1 aromatic carbocycles. The van der Waals surface area contributed by atoms with E-state index in [4.69, 9.17) is 5.73 Å². The molecule has 0 aliphatic heterocycles. The van der Waals surface area contributed by atoms with Crippen molar-refractivity contribution in [1.29, 1.82) is 0 Å². The second kappa shape index (κ2) is 5.06. The normalized spacial score (nSPS) is 16.4. The molecule has 2 aromatic rings. The van der Waals surface area contributed by atoms with Crippen LogP contribution in [0.1, 0.15) is 37.4 Å². The summed E-state index contributed by atoms with van der Waals surface area (Å²) in [6, 6.07) is 4.89. The van der Waals surface area contributed by atoms with Crippen molar-refractivity contribution in [3.8, 4) is 0 Å². The van der Waals surface area contributed by atoms with E-state index < -0.39 is 0 Å². The third kappa shape index (κ3) is 2.51. The van der Waals surface area contributed by atoms with Crippen LogP contribution in [0, 0.1) is 5.82 Å². The van der Waals surface area contributed by atoms with Crippen molar-refractivity contribution < 1.29 is 4.39 Å². The molecule has 3 N–H and O–H groups in total. The standard InChI is InChI=1S/C13H15FN4OS/c1-7(15)8-2-5-11(10(14)6-8)20-13-17-16-12(19)18(13)9-3-4-9/h2,5-7,9H,3-4,15H2,1H3,(H,16,19)/t7-/m1/s1. The first-order valence-corrected chi connectivity index (χ1v) is 7.27. The second-order valence-corrected chi connectivity index (χ2v) is 6.00. The molecule has 0 spiro atoms. The number of hydrogen-bond donors (Lipinski definition) is 2. The minimum Gasteiger partial charge on any atom is -0.324 e. The van der Waals surface area contributed by atoms with E-state index in [2.05, 4.69) is 10.2 Å². The molecule has 1 aliphatic carbocycles. The van der Waals surface area contributed by atoms with Crippen LogP contribution in [0.4, 0.5) is 4.39 Å². The lowest BCUT2D eigenvalue weighted by atomic mass is 10.1. The molecule has 20 heavy (non-hydrogen) atoms. The number of nitrogens with two attached hydrogens (primary N) is 1. The Balaban J connectivity index is 1.90. The van der Waals surface area contributed by atoms with Gasteiger partial charge in [0.2, 0.25) is 0 Å². The fraction of sp³-hybridized carbons (Fsp3) is 0.385. The van der Waals surface area contributed by atoms with E-state index in [0.29, 0.717) is 10.1 Å². The van der Waals surface area contributed by atoms with Crippen LogP contribution in [0.5, 0.6) is 0 Å². The zero-order chi connectivity index (χ0) is 14.3. The Morgan fingerprint density at radius 1 is 1.55 bits per heavy atom. The molecule has 1 fully saturated rings. The Bertz CT molecular complexity index is 690. The summed E-state index contributed by atoms with van der Waals surface area (Å²) in [6.07, 6.45) is 1.94. The second-order valence-electron chi connectivity index (χ2n) is 4.99. The number of nitrogens with one attached hydrogen (secondary N) is 1. The molecule has 5 nitrogen and oxygen atoms in total. The van der Waals surface area contributed by atoms with E-state index in [1.54, 1.807) is 23.6 Å². The average molecular weight is 294 g/mol. The Morgan fingerprint density at radius 2 is 2.30 bits per heavy atom. The lowest BCUT2D eigenvalue weighted by Crippen LogP contribution is -2.16. The SMILES string of the molecule is C[C@@H](N)c1ccc(Sc2n[nH]c(=O)n2C2CC2)c(F)c1. The average Bonchev–Trinajstić information content (AvgIpc) is 3.17. The number of halogens is 1. The maximum Gasteiger partial charge on any atom is 0.344 e. The summed E-state index contributed by atoms with van der Waals surface area (Å²) in [4.78, 5) is 12.1. The monoisotopic (exact) mass is 294 g/mol. The number of aromatic nitrogens is 3. The molecular weight excluding hydrogens is 279 g/mol. The van der Waals surface area contributed by atoms with E-state index in [0.717, 1.165) is 30.2 Å². The van der Waals surface area contributed by atoms with E-state index in [1.807, 2.05) is 0 Å². The van der Waals surface area contributed by atoms with Gasteiger partial charge in [0.25, 0.3) is 0 Å². The van der Waals surface area contributed by atoms with Crippen LogP contribution in [0.25, 0.3) is 0 Å². The first-order chi connectivity index (χ1) is 9.56. The van der Waals surface area contributed by atoms with Crippen LogP contribution in [0.2, 0.25) is 0 Å². The highest BCUT2D eigenvalue weighted by Crippen LogP contribution is 2.38. The Hall–Kier alpha value is -1.60. The highest BCUT2D eigenvalue weighted by molar-refractivity contribution is 7.99. The van der Waals surface area contributed by atoms with Crippen molar-refractivity contribution in [2.45, 2.75) is 41.9 Å². The van der Waals surface area contributed by atoms with Gasteiger partial charge in [0.15, 0.2) is 5.16 Å². The number of nitrogens with zero attached hydrogens (tertiary/aromatic N) is 2. The van der Waals surface area contributed by atoms with Gasteiger partial charge in [0.05, 0.1) is 4.90 Å². The van der Waals surface area contributed by atoms with Crippen molar-refractivity contribution >= 4 is 11.8 Å². The van der Waals surface area contributed by atoms with Crippen LogP contribution in [0.3, 0.4) is 0 Å². The summed E-state index contributed by atoms with van der Waals surface area (Å²) >= 11 is 1.16. The zero-order valence-corrected chi connectivity index (χ0v) is 11.8. The fourth-order valence-electron chi connectivity index (χ4n) is 2.00. The molecule has 0 unspecified atom stereocenters. The van der Waals surface area contributed by atoms with Crippen LogP contribution in [0.15, 0.2) is 33.0 Å². The molecule has 1 aromatic heterocycles. The maximum atomic E-state index is 14.0. The Morgan fingerprint density at radius 3 is 2.90 bits per heavy atom. The van der Waals surface area contributed by atoms with Crippen molar-refractivity contribution in [2.75, 3.05) is 0 Å². The lowest BCUT2D eigenvalue weighted by molar-refractivity contribution is 0.594. The van der Waals surface area contributed by atoms with Gasteiger partial charge in [-0.05, 0) is 49.2 Å². The summed E-state index contributed by atoms with van der Waals surface area (Å²) in [7, 11) is 0. The first-order valence-electron chi connectivity index (χ1n) is 6.46. The van der Waals surface area contributed by atoms with Gasteiger partial charge in [-0.2, -0.15) is 0 Å². The first kappa shape index (κ1) is 13.4. The highest BCUT2D eigenvalue weighted by Gasteiger charge is 2.29. The smallest absolute Gasteiger partial charge is 0.324 e. The van der Waals surface area contributed by atoms with Gasteiger partial charge in [-0.1, -0.05) is 6.07 Å². The summed E-state index contributed by atoms with van der Waals surface area (Å²) < 4.78 is 15.7. The van der Waals surface area contributed by atoms with Gasteiger partial charge in [0.1, 0.15) is 5.82 Å². The predicted octanol–water partition coefficient (Wildman–Crippen LogP) is 2.22. The highest BCUT2D eigenvalue weighted by atomic mass is 32.2.